The van der Waals surface area contributed by atoms with Crippen LogP contribution in [0.25, 0.3) is 22.7 Å². The first-order valence-corrected chi connectivity index (χ1v) is 9.48. The lowest BCUT2D eigenvalue weighted by atomic mass is 10.2. The highest BCUT2D eigenvalue weighted by Gasteiger charge is 2.18. The van der Waals surface area contributed by atoms with Crippen molar-refractivity contribution in [3.05, 3.63) is 90.4 Å². The highest BCUT2D eigenvalue weighted by molar-refractivity contribution is 6.03. The molecule has 0 unspecified atom stereocenters. The number of pyridine rings is 2. The van der Waals surface area contributed by atoms with Crippen LogP contribution in [-0.4, -0.2) is 35.3 Å². The zero-order valence-electron chi connectivity index (χ0n) is 16.4. The Kier molecular flexibility index (Phi) is 4.47. The van der Waals surface area contributed by atoms with E-state index < -0.39 is 11.7 Å². The van der Waals surface area contributed by atoms with Crippen molar-refractivity contribution in [2.75, 3.05) is 5.32 Å². The minimum absolute atomic E-state index is 0.168. The van der Waals surface area contributed by atoms with Crippen LogP contribution < -0.4 is 5.32 Å². The van der Waals surface area contributed by atoms with Crippen molar-refractivity contribution in [3.63, 3.8) is 0 Å². The summed E-state index contributed by atoms with van der Waals surface area (Å²) in [4.78, 5) is 21.5. The maximum atomic E-state index is 13.5. The van der Waals surface area contributed by atoms with Crippen molar-refractivity contribution in [1.82, 2.24) is 29.4 Å². The first-order valence-electron chi connectivity index (χ1n) is 9.48. The van der Waals surface area contributed by atoms with Gasteiger partial charge in [0, 0.05) is 23.1 Å². The maximum absolute atomic E-state index is 13.5. The van der Waals surface area contributed by atoms with Crippen molar-refractivity contribution in [3.8, 4) is 17.1 Å². The van der Waals surface area contributed by atoms with Crippen molar-refractivity contribution in [2.45, 2.75) is 6.92 Å². The molecule has 5 rings (SSSR count). The Labute approximate surface area is 176 Å². The van der Waals surface area contributed by atoms with Gasteiger partial charge < -0.3 is 5.32 Å². The molecule has 0 saturated carbocycles. The van der Waals surface area contributed by atoms with Crippen LogP contribution in [0.5, 0.6) is 0 Å². The third kappa shape index (κ3) is 3.64. The van der Waals surface area contributed by atoms with Crippen LogP contribution in [0.2, 0.25) is 0 Å². The zero-order valence-corrected chi connectivity index (χ0v) is 16.4. The van der Waals surface area contributed by atoms with Gasteiger partial charge in [0.25, 0.3) is 5.91 Å². The molecule has 0 aliphatic heterocycles. The second-order valence-electron chi connectivity index (χ2n) is 6.91. The summed E-state index contributed by atoms with van der Waals surface area (Å²) in [6.07, 6.45) is 3.27. The molecule has 5 aromatic rings. The van der Waals surface area contributed by atoms with Gasteiger partial charge in [-0.15, -0.1) is 0 Å². The van der Waals surface area contributed by atoms with Crippen LogP contribution in [0.15, 0.2) is 73.2 Å². The van der Waals surface area contributed by atoms with Gasteiger partial charge in [0.05, 0.1) is 5.69 Å². The number of rotatable bonds is 4. The van der Waals surface area contributed by atoms with Gasteiger partial charge in [0.1, 0.15) is 12.1 Å². The van der Waals surface area contributed by atoms with E-state index in [1.54, 1.807) is 27.5 Å². The molecule has 1 amide bonds. The number of aryl methyl sites for hydroxylation is 1. The Morgan fingerprint density at radius 2 is 1.94 bits per heavy atom. The molecule has 152 valence electrons. The lowest BCUT2D eigenvalue weighted by Crippen LogP contribution is -2.13. The van der Waals surface area contributed by atoms with Gasteiger partial charge in [-0.3, -0.25) is 4.79 Å². The Hall–Kier alpha value is -4.40. The van der Waals surface area contributed by atoms with Gasteiger partial charge in [-0.25, -0.2) is 23.6 Å². The topological polar surface area (TPSA) is 90.0 Å². The first kappa shape index (κ1) is 18.6. The quantitative estimate of drug-likeness (QED) is 0.485. The van der Waals surface area contributed by atoms with Crippen LogP contribution in [-0.2, 0) is 0 Å². The SMILES string of the molecule is Cc1cccc(-n2nc(C(=O)Nc3cccc(F)c3)cc2-c2ccc3ncnn3c2)n1. The second-order valence-corrected chi connectivity index (χ2v) is 6.91. The number of nitrogens with one attached hydrogen (secondary N) is 1. The van der Waals surface area contributed by atoms with E-state index in [0.717, 1.165) is 11.3 Å². The molecule has 4 aromatic heterocycles. The van der Waals surface area contributed by atoms with Gasteiger partial charge in [0.15, 0.2) is 17.2 Å². The van der Waals surface area contributed by atoms with Crippen molar-refractivity contribution in [1.29, 1.82) is 0 Å². The number of hydrogen-bond acceptors (Lipinski definition) is 5. The van der Waals surface area contributed by atoms with E-state index >= 15 is 0 Å². The molecule has 31 heavy (non-hydrogen) atoms. The van der Waals surface area contributed by atoms with E-state index in [0.29, 0.717) is 22.8 Å². The molecular formula is C22H16FN7O. The number of carbonyl (C=O) groups is 1. The number of benzene rings is 1. The van der Waals surface area contributed by atoms with E-state index in [2.05, 4.69) is 25.5 Å². The third-order valence-corrected chi connectivity index (χ3v) is 4.68. The molecule has 4 heterocycles. The number of hydrogen-bond donors (Lipinski definition) is 1. The fourth-order valence-electron chi connectivity index (χ4n) is 3.25. The molecule has 1 aromatic carbocycles. The highest BCUT2D eigenvalue weighted by Crippen LogP contribution is 2.24. The molecule has 9 heteroatoms. The minimum atomic E-state index is -0.458. The van der Waals surface area contributed by atoms with Crippen LogP contribution in [0.1, 0.15) is 16.2 Å². The molecule has 0 bridgehead atoms. The molecule has 0 fully saturated rings. The van der Waals surface area contributed by atoms with Crippen molar-refractivity contribution < 1.29 is 9.18 Å². The standard InChI is InChI=1S/C22H16FN7O/c1-14-4-2-7-21(26-14)30-19(15-8-9-20-24-13-25-29(20)12-15)11-18(28-30)22(31)27-17-6-3-5-16(23)10-17/h2-13H,1H3,(H,27,31). The average Bonchev–Trinajstić information content (AvgIpc) is 3.40. The molecule has 8 nitrogen and oxygen atoms in total. The normalized spacial score (nSPS) is 11.0. The average molecular weight is 413 g/mol. The Balaban J connectivity index is 1.60. The predicted molar refractivity (Wildman–Crippen MR) is 112 cm³/mol. The molecule has 0 radical (unpaired) electrons. The van der Waals surface area contributed by atoms with Gasteiger partial charge in [-0.05, 0) is 55.5 Å². The molecule has 0 aliphatic rings. The summed E-state index contributed by atoms with van der Waals surface area (Å²) in [5.41, 5.74) is 3.46. The molecule has 0 aliphatic carbocycles. The minimum Gasteiger partial charge on any atom is -0.320 e. The summed E-state index contributed by atoms with van der Waals surface area (Å²) in [7, 11) is 0. The van der Waals surface area contributed by atoms with Crippen LogP contribution in [0.3, 0.4) is 0 Å². The summed E-state index contributed by atoms with van der Waals surface area (Å²) >= 11 is 0. The van der Waals surface area contributed by atoms with Crippen molar-refractivity contribution >= 4 is 17.2 Å². The lowest BCUT2D eigenvalue weighted by Gasteiger charge is -2.07. The van der Waals surface area contributed by atoms with E-state index in [4.69, 9.17) is 0 Å². The van der Waals surface area contributed by atoms with Gasteiger partial charge >= 0.3 is 0 Å². The Morgan fingerprint density at radius 3 is 2.77 bits per heavy atom. The highest BCUT2D eigenvalue weighted by atomic mass is 19.1. The monoisotopic (exact) mass is 413 g/mol. The number of fused-ring (bicyclic) bond motifs is 1. The van der Waals surface area contributed by atoms with Gasteiger partial charge in [-0.1, -0.05) is 12.1 Å². The summed E-state index contributed by atoms with van der Waals surface area (Å²) in [6, 6.07) is 16.6. The maximum Gasteiger partial charge on any atom is 0.276 e. The Bertz CT molecular complexity index is 1420. The second kappa shape index (κ2) is 7.45. The van der Waals surface area contributed by atoms with Gasteiger partial charge in [0.2, 0.25) is 0 Å². The van der Waals surface area contributed by atoms with Crippen LogP contribution in [0.4, 0.5) is 10.1 Å². The molecule has 1 N–H and O–H groups in total. The van der Waals surface area contributed by atoms with Crippen LogP contribution >= 0.6 is 0 Å². The van der Waals surface area contributed by atoms with E-state index in [-0.39, 0.29) is 5.69 Å². The molecular weight excluding hydrogens is 397 g/mol. The number of nitrogens with zero attached hydrogens (tertiary/aromatic N) is 6. The van der Waals surface area contributed by atoms with Gasteiger partial charge in [-0.2, -0.15) is 10.2 Å². The van der Waals surface area contributed by atoms with E-state index in [9.17, 15) is 9.18 Å². The number of anilines is 1. The smallest absolute Gasteiger partial charge is 0.276 e. The lowest BCUT2D eigenvalue weighted by molar-refractivity contribution is 0.102. The van der Waals surface area contributed by atoms with E-state index in [1.165, 1.54) is 24.5 Å². The number of halogens is 1. The molecule has 0 atom stereocenters. The number of amides is 1. The largest absolute Gasteiger partial charge is 0.320 e. The summed E-state index contributed by atoms with van der Waals surface area (Å²) < 4.78 is 16.7. The Morgan fingerprint density at radius 1 is 1.06 bits per heavy atom. The number of aromatic nitrogens is 6. The van der Waals surface area contributed by atoms with Crippen molar-refractivity contribution in [2.24, 2.45) is 0 Å². The summed E-state index contributed by atoms with van der Waals surface area (Å²) in [5.74, 6) is -0.326. The summed E-state index contributed by atoms with van der Waals surface area (Å²) in [5, 5.41) is 11.3. The number of carbonyl (C=O) groups excluding carboxylic acids is 1. The fourth-order valence-corrected chi connectivity index (χ4v) is 3.25. The molecule has 0 saturated heterocycles. The van der Waals surface area contributed by atoms with Crippen LogP contribution in [0, 0.1) is 12.7 Å². The fraction of sp³-hybridized carbons (Fsp3) is 0.0455. The molecule has 0 spiro atoms. The first-order chi connectivity index (χ1) is 15.1. The van der Waals surface area contributed by atoms with E-state index in [1.807, 2.05) is 37.3 Å². The predicted octanol–water partition coefficient (Wildman–Crippen LogP) is 3.68. The summed E-state index contributed by atoms with van der Waals surface area (Å²) in [6.45, 7) is 1.88. The zero-order chi connectivity index (χ0) is 21.4. The third-order valence-electron chi connectivity index (χ3n) is 4.68.